The van der Waals surface area contributed by atoms with Gasteiger partial charge in [-0.3, -0.25) is 9.48 Å². The molecular formula is C8H12N2O4. The molecule has 0 aliphatic rings. The Morgan fingerprint density at radius 2 is 2.43 bits per heavy atom. The van der Waals surface area contributed by atoms with Crippen LogP contribution in [-0.4, -0.2) is 41.2 Å². The minimum absolute atomic E-state index is 0.159. The van der Waals surface area contributed by atoms with E-state index in [9.17, 15) is 4.79 Å². The fourth-order valence-corrected chi connectivity index (χ4v) is 0.887. The Morgan fingerprint density at radius 1 is 1.64 bits per heavy atom. The number of hydrogen-bond donors (Lipinski definition) is 1. The SMILES string of the molecule is COCCOc1cnn(CC(=O)O)c1. The molecule has 1 N–H and O–H groups in total. The number of aromatic nitrogens is 2. The fourth-order valence-electron chi connectivity index (χ4n) is 0.887. The monoisotopic (exact) mass is 200 g/mol. The number of aliphatic carboxylic acids is 1. The number of hydrogen-bond acceptors (Lipinski definition) is 4. The lowest BCUT2D eigenvalue weighted by Gasteiger charge is -2.00. The Kier molecular flexibility index (Phi) is 3.93. The normalized spacial score (nSPS) is 10.1. The topological polar surface area (TPSA) is 73.6 Å². The van der Waals surface area contributed by atoms with Crippen molar-refractivity contribution in [1.29, 1.82) is 0 Å². The number of carboxylic acids is 1. The van der Waals surface area contributed by atoms with Crippen molar-refractivity contribution < 1.29 is 19.4 Å². The Bertz CT molecular complexity index is 297. The van der Waals surface area contributed by atoms with E-state index in [4.69, 9.17) is 14.6 Å². The quantitative estimate of drug-likeness (QED) is 0.654. The maximum absolute atomic E-state index is 10.3. The van der Waals surface area contributed by atoms with E-state index in [1.54, 1.807) is 7.11 Å². The average Bonchev–Trinajstić information content (AvgIpc) is 2.52. The summed E-state index contributed by atoms with van der Waals surface area (Å²) in [5.41, 5.74) is 0. The molecule has 0 saturated carbocycles. The molecule has 14 heavy (non-hydrogen) atoms. The van der Waals surface area contributed by atoms with Gasteiger partial charge < -0.3 is 14.6 Å². The van der Waals surface area contributed by atoms with Crippen molar-refractivity contribution >= 4 is 5.97 Å². The van der Waals surface area contributed by atoms with Gasteiger partial charge in [-0.2, -0.15) is 5.10 Å². The predicted molar refractivity (Wildman–Crippen MR) is 47.2 cm³/mol. The molecule has 0 spiro atoms. The summed E-state index contributed by atoms with van der Waals surface area (Å²) in [4.78, 5) is 10.3. The van der Waals surface area contributed by atoms with Gasteiger partial charge in [0.15, 0.2) is 5.75 Å². The molecule has 0 saturated heterocycles. The fraction of sp³-hybridized carbons (Fsp3) is 0.500. The van der Waals surface area contributed by atoms with Gasteiger partial charge in [-0.25, -0.2) is 0 Å². The molecule has 0 fully saturated rings. The highest BCUT2D eigenvalue weighted by atomic mass is 16.5. The third-order valence-electron chi connectivity index (χ3n) is 1.46. The molecule has 78 valence electrons. The summed E-state index contributed by atoms with van der Waals surface area (Å²) in [6.45, 7) is 0.757. The molecule has 0 aliphatic heterocycles. The van der Waals surface area contributed by atoms with Gasteiger partial charge in [0.2, 0.25) is 0 Å². The summed E-state index contributed by atoms with van der Waals surface area (Å²) < 4.78 is 11.3. The maximum atomic E-state index is 10.3. The summed E-state index contributed by atoms with van der Waals surface area (Å²) in [5, 5.41) is 12.3. The van der Waals surface area contributed by atoms with Gasteiger partial charge in [0, 0.05) is 7.11 Å². The maximum Gasteiger partial charge on any atom is 0.325 e. The van der Waals surface area contributed by atoms with Crippen molar-refractivity contribution in [1.82, 2.24) is 9.78 Å². The molecular weight excluding hydrogens is 188 g/mol. The molecule has 6 heteroatoms. The van der Waals surface area contributed by atoms with Crippen LogP contribution in [-0.2, 0) is 16.1 Å². The highest BCUT2D eigenvalue weighted by Crippen LogP contribution is 2.07. The summed E-state index contributed by atoms with van der Waals surface area (Å²) in [6, 6.07) is 0. The summed E-state index contributed by atoms with van der Waals surface area (Å²) in [5.74, 6) is -0.389. The predicted octanol–water partition coefficient (Wildman–Crippen LogP) is -0.00710. The minimum Gasteiger partial charge on any atom is -0.488 e. The molecule has 0 aromatic carbocycles. The molecule has 0 radical (unpaired) electrons. The van der Waals surface area contributed by atoms with Gasteiger partial charge in [0.05, 0.1) is 19.0 Å². The molecule has 1 rings (SSSR count). The second-order valence-corrected chi connectivity index (χ2v) is 2.61. The number of ether oxygens (including phenoxy) is 2. The zero-order chi connectivity index (χ0) is 10.4. The zero-order valence-corrected chi connectivity index (χ0v) is 7.84. The Balaban J connectivity index is 2.38. The number of carbonyl (C=O) groups is 1. The van der Waals surface area contributed by atoms with E-state index in [0.29, 0.717) is 19.0 Å². The van der Waals surface area contributed by atoms with Crippen LogP contribution in [0.15, 0.2) is 12.4 Å². The lowest BCUT2D eigenvalue weighted by Crippen LogP contribution is -2.08. The van der Waals surface area contributed by atoms with E-state index in [-0.39, 0.29) is 6.54 Å². The van der Waals surface area contributed by atoms with Crippen molar-refractivity contribution in [3.05, 3.63) is 12.4 Å². The van der Waals surface area contributed by atoms with Crippen molar-refractivity contribution in [2.75, 3.05) is 20.3 Å². The minimum atomic E-state index is -0.934. The van der Waals surface area contributed by atoms with Crippen molar-refractivity contribution in [3.8, 4) is 5.75 Å². The van der Waals surface area contributed by atoms with Gasteiger partial charge >= 0.3 is 5.97 Å². The van der Waals surface area contributed by atoms with Gasteiger partial charge in [-0.05, 0) is 0 Å². The van der Waals surface area contributed by atoms with Gasteiger partial charge in [0.1, 0.15) is 13.2 Å². The lowest BCUT2D eigenvalue weighted by atomic mass is 10.6. The zero-order valence-electron chi connectivity index (χ0n) is 7.84. The van der Waals surface area contributed by atoms with Crippen LogP contribution < -0.4 is 4.74 Å². The first-order chi connectivity index (χ1) is 6.72. The number of nitrogens with zero attached hydrogens (tertiary/aromatic N) is 2. The van der Waals surface area contributed by atoms with E-state index < -0.39 is 5.97 Å². The van der Waals surface area contributed by atoms with E-state index in [0.717, 1.165) is 0 Å². The highest BCUT2D eigenvalue weighted by molar-refractivity contribution is 5.66. The van der Waals surface area contributed by atoms with Crippen molar-refractivity contribution in [2.24, 2.45) is 0 Å². The van der Waals surface area contributed by atoms with Crippen LogP contribution in [0.25, 0.3) is 0 Å². The van der Waals surface area contributed by atoms with Crippen molar-refractivity contribution in [2.45, 2.75) is 6.54 Å². The first-order valence-corrected chi connectivity index (χ1v) is 4.08. The van der Waals surface area contributed by atoms with E-state index in [2.05, 4.69) is 5.10 Å². The van der Waals surface area contributed by atoms with Crippen molar-refractivity contribution in [3.63, 3.8) is 0 Å². The molecule has 1 aromatic rings. The van der Waals surface area contributed by atoms with Gasteiger partial charge in [-0.1, -0.05) is 0 Å². The van der Waals surface area contributed by atoms with Gasteiger partial charge in [0.25, 0.3) is 0 Å². The second-order valence-electron chi connectivity index (χ2n) is 2.61. The number of rotatable bonds is 6. The number of carboxylic acid groups (broad SMARTS) is 1. The van der Waals surface area contributed by atoms with Crippen LogP contribution in [0.2, 0.25) is 0 Å². The number of methoxy groups -OCH3 is 1. The smallest absolute Gasteiger partial charge is 0.325 e. The second kappa shape index (κ2) is 5.23. The third kappa shape index (κ3) is 3.44. The first-order valence-electron chi connectivity index (χ1n) is 4.08. The van der Waals surface area contributed by atoms with Gasteiger partial charge in [-0.15, -0.1) is 0 Å². The van der Waals surface area contributed by atoms with Crippen LogP contribution in [0.3, 0.4) is 0 Å². The van der Waals surface area contributed by atoms with Crippen LogP contribution >= 0.6 is 0 Å². The van der Waals surface area contributed by atoms with E-state index in [1.165, 1.54) is 17.1 Å². The summed E-state index contributed by atoms with van der Waals surface area (Å²) in [7, 11) is 1.58. The first kappa shape index (κ1) is 10.5. The summed E-state index contributed by atoms with van der Waals surface area (Å²) in [6.07, 6.45) is 3.00. The Hall–Kier alpha value is -1.56. The molecule has 0 aliphatic carbocycles. The van der Waals surface area contributed by atoms with Crippen LogP contribution in [0, 0.1) is 0 Å². The molecule has 0 unspecified atom stereocenters. The third-order valence-corrected chi connectivity index (χ3v) is 1.46. The van der Waals surface area contributed by atoms with E-state index >= 15 is 0 Å². The molecule has 0 bridgehead atoms. The van der Waals surface area contributed by atoms with E-state index in [1.807, 2.05) is 0 Å². The molecule has 1 heterocycles. The van der Waals surface area contributed by atoms with Crippen LogP contribution in [0.1, 0.15) is 0 Å². The van der Waals surface area contributed by atoms with Crippen LogP contribution in [0.5, 0.6) is 5.75 Å². The Labute approximate surface area is 81.0 Å². The molecule has 6 nitrogen and oxygen atoms in total. The highest BCUT2D eigenvalue weighted by Gasteiger charge is 2.02. The largest absolute Gasteiger partial charge is 0.488 e. The molecule has 0 atom stereocenters. The Morgan fingerprint density at radius 3 is 3.07 bits per heavy atom. The average molecular weight is 200 g/mol. The standard InChI is InChI=1S/C8H12N2O4/c1-13-2-3-14-7-4-9-10(5-7)6-8(11)12/h4-5H,2-3,6H2,1H3,(H,11,12). The molecule has 1 aromatic heterocycles. The lowest BCUT2D eigenvalue weighted by molar-refractivity contribution is -0.137. The molecule has 0 amide bonds. The van der Waals surface area contributed by atoms with Crippen LogP contribution in [0.4, 0.5) is 0 Å². The summed E-state index contributed by atoms with van der Waals surface area (Å²) >= 11 is 0.